The highest BCUT2D eigenvalue weighted by Crippen LogP contribution is 2.33. The van der Waals surface area contributed by atoms with Crippen LogP contribution in [-0.2, 0) is 4.79 Å². The fourth-order valence-corrected chi connectivity index (χ4v) is 3.04. The van der Waals surface area contributed by atoms with Crippen molar-refractivity contribution in [2.75, 3.05) is 25.1 Å². The van der Waals surface area contributed by atoms with Crippen molar-refractivity contribution >= 4 is 40.4 Å². The van der Waals surface area contributed by atoms with Crippen LogP contribution >= 0.6 is 22.9 Å². The lowest BCUT2D eigenvalue weighted by atomic mass is 10.2. The van der Waals surface area contributed by atoms with Crippen LogP contribution in [-0.4, -0.2) is 32.0 Å². The SMILES string of the molecule is COc1cc(Cl)c(C)cc1N(CCNC(=O)c1cccs1)C(C)=O. The standard InChI is InChI=1S/C17H19ClN2O3S/c1-11-9-14(15(23-3)10-13(11)18)20(12(2)21)7-6-19-17(22)16-5-4-8-24-16/h4-5,8-10H,6-7H2,1-3H3,(H,19,22). The Morgan fingerprint density at radius 2 is 2.12 bits per heavy atom. The average Bonchev–Trinajstić information content (AvgIpc) is 3.08. The van der Waals surface area contributed by atoms with E-state index < -0.39 is 0 Å². The molecule has 0 aliphatic heterocycles. The maximum atomic E-state index is 12.0. The number of halogens is 1. The highest BCUT2D eigenvalue weighted by molar-refractivity contribution is 7.12. The Labute approximate surface area is 150 Å². The number of aryl methyl sites for hydroxylation is 1. The van der Waals surface area contributed by atoms with E-state index in [1.165, 1.54) is 25.4 Å². The quantitative estimate of drug-likeness (QED) is 0.851. The summed E-state index contributed by atoms with van der Waals surface area (Å²) in [6.07, 6.45) is 0. The largest absolute Gasteiger partial charge is 0.495 e. The number of carbonyl (C=O) groups excluding carboxylic acids is 2. The van der Waals surface area contributed by atoms with Gasteiger partial charge in [0.2, 0.25) is 5.91 Å². The van der Waals surface area contributed by atoms with Crippen LogP contribution in [0.3, 0.4) is 0 Å². The van der Waals surface area contributed by atoms with E-state index in [-0.39, 0.29) is 11.8 Å². The minimum absolute atomic E-state index is 0.139. The molecule has 1 heterocycles. The van der Waals surface area contributed by atoms with Crippen LogP contribution in [0.15, 0.2) is 29.6 Å². The Morgan fingerprint density at radius 3 is 2.71 bits per heavy atom. The number of thiophene rings is 1. The van der Waals surface area contributed by atoms with Gasteiger partial charge < -0.3 is 15.0 Å². The summed E-state index contributed by atoms with van der Waals surface area (Å²) < 4.78 is 5.33. The van der Waals surface area contributed by atoms with E-state index in [0.29, 0.717) is 34.4 Å². The molecule has 0 spiro atoms. The van der Waals surface area contributed by atoms with Gasteiger partial charge in [0.05, 0.1) is 17.7 Å². The van der Waals surface area contributed by atoms with Crippen molar-refractivity contribution in [2.24, 2.45) is 0 Å². The van der Waals surface area contributed by atoms with Crippen molar-refractivity contribution in [1.29, 1.82) is 0 Å². The molecule has 1 aromatic heterocycles. The lowest BCUT2D eigenvalue weighted by Crippen LogP contribution is -2.37. The van der Waals surface area contributed by atoms with Crippen LogP contribution in [0.1, 0.15) is 22.2 Å². The number of amides is 2. The summed E-state index contributed by atoms with van der Waals surface area (Å²) in [6, 6.07) is 7.08. The van der Waals surface area contributed by atoms with Gasteiger partial charge in [0, 0.05) is 31.1 Å². The van der Waals surface area contributed by atoms with Gasteiger partial charge in [0.15, 0.2) is 0 Å². The van der Waals surface area contributed by atoms with Gasteiger partial charge >= 0.3 is 0 Å². The predicted molar refractivity (Wildman–Crippen MR) is 97.4 cm³/mol. The first-order valence-corrected chi connectivity index (χ1v) is 8.63. The number of nitrogens with one attached hydrogen (secondary N) is 1. The summed E-state index contributed by atoms with van der Waals surface area (Å²) in [5.74, 6) is 0.235. The van der Waals surface area contributed by atoms with E-state index >= 15 is 0 Å². The number of hydrogen-bond donors (Lipinski definition) is 1. The Kier molecular flexibility index (Phi) is 6.23. The van der Waals surface area contributed by atoms with Crippen LogP contribution in [0.25, 0.3) is 0 Å². The first kappa shape index (κ1) is 18.3. The topological polar surface area (TPSA) is 58.6 Å². The third-order valence-electron chi connectivity index (χ3n) is 3.50. The summed E-state index contributed by atoms with van der Waals surface area (Å²) in [6.45, 7) is 4.01. The molecule has 0 unspecified atom stereocenters. The van der Waals surface area contributed by atoms with Gasteiger partial charge in [-0.15, -0.1) is 11.3 Å². The van der Waals surface area contributed by atoms with Gasteiger partial charge in [0.25, 0.3) is 5.91 Å². The Balaban J connectivity index is 2.11. The monoisotopic (exact) mass is 366 g/mol. The van der Waals surface area contributed by atoms with E-state index in [2.05, 4.69) is 5.32 Å². The van der Waals surface area contributed by atoms with Crippen LogP contribution < -0.4 is 15.0 Å². The molecule has 128 valence electrons. The van der Waals surface area contributed by atoms with E-state index in [1.54, 1.807) is 17.0 Å². The van der Waals surface area contributed by atoms with E-state index in [0.717, 1.165) is 5.56 Å². The molecule has 2 rings (SSSR count). The molecule has 0 radical (unpaired) electrons. The van der Waals surface area contributed by atoms with Crippen molar-refractivity contribution in [3.63, 3.8) is 0 Å². The molecule has 0 aliphatic carbocycles. The summed E-state index contributed by atoms with van der Waals surface area (Å²) in [5.41, 5.74) is 1.48. The number of methoxy groups -OCH3 is 1. The van der Waals surface area contributed by atoms with Gasteiger partial charge in [0.1, 0.15) is 5.75 Å². The molecule has 0 atom stereocenters. The van der Waals surface area contributed by atoms with Crippen molar-refractivity contribution < 1.29 is 14.3 Å². The summed E-state index contributed by atoms with van der Waals surface area (Å²) in [7, 11) is 1.53. The molecule has 0 aliphatic rings. The van der Waals surface area contributed by atoms with Gasteiger partial charge in [-0.25, -0.2) is 0 Å². The van der Waals surface area contributed by atoms with Gasteiger partial charge in [-0.3, -0.25) is 9.59 Å². The highest BCUT2D eigenvalue weighted by atomic mass is 35.5. The fourth-order valence-electron chi connectivity index (χ4n) is 2.25. The van der Waals surface area contributed by atoms with Gasteiger partial charge in [-0.2, -0.15) is 0 Å². The van der Waals surface area contributed by atoms with Gasteiger partial charge in [-0.05, 0) is 30.0 Å². The molecule has 0 bridgehead atoms. The minimum atomic E-state index is -0.146. The number of anilines is 1. The van der Waals surface area contributed by atoms with Crippen molar-refractivity contribution in [1.82, 2.24) is 5.32 Å². The van der Waals surface area contributed by atoms with Crippen molar-refractivity contribution in [3.05, 3.63) is 45.1 Å². The fraction of sp³-hybridized carbons (Fsp3) is 0.294. The van der Waals surface area contributed by atoms with Crippen molar-refractivity contribution in [2.45, 2.75) is 13.8 Å². The first-order chi connectivity index (χ1) is 11.4. The zero-order valence-corrected chi connectivity index (χ0v) is 15.3. The number of carbonyl (C=O) groups is 2. The number of rotatable bonds is 6. The molecule has 1 aromatic carbocycles. The van der Waals surface area contributed by atoms with E-state index in [4.69, 9.17) is 16.3 Å². The lowest BCUT2D eigenvalue weighted by molar-refractivity contribution is -0.116. The van der Waals surface area contributed by atoms with Crippen molar-refractivity contribution in [3.8, 4) is 5.75 Å². The smallest absolute Gasteiger partial charge is 0.261 e. The van der Waals surface area contributed by atoms with E-state index in [9.17, 15) is 9.59 Å². The number of benzene rings is 1. The Bertz CT molecular complexity index is 732. The molecule has 0 saturated carbocycles. The van der Waals surface area contributed by atoms with Crippen LogP contribution in [0.5, 0.6) is 5.75 Å². The lowest BCUT2D eigenvalue weighted by Gasteiger charge is -2.24. The zero-order valence-electron chi connectivity index (χ0n) is 13.8. The molecule has 0 fully saturated rings. The Hall–Kier alpha value is -2.05. The number of hydrogen-bond acceptors (Lipinski definition) is 4. The summed E-state index contributed by atoms with van der Waals surface area (Å²) >= 11 is 7.49. The number of nitrogens with zero attached hydrogens (tertiary/aromatic N) is 1. The normalized spacial score (nSPS) is 10.3. The molecule has 24 heavy (non-hydrogen) atoms. The second kappa shape index (κ2) is 8.17. The molecule has 2 aromatic rings. The second-order valence-corrected chi connectivity index (χ2v) is 6.53. The maximum Gasteiger partial charge on any atom is 0.261 e. The minimum Gasteiger partial charge on any atom is -0.495 e. The zero-order chi connectivity index (χ0) is 17.7. The third-order valence-corrected chi connectivity index (χ3v) is 4.77. The van der Waals surface area contributed by atoms with Gasteiger partial charge in [-0.1, -0.05) is 17.7 Å². The van der Waals surface area contributed by atoms with E-state index in [1.807, 2.05) is 24.4 Å². The summed E-state index contributed by atoms with van der Waals surface area (Å²) in [5, 5.41) is 5.23. The molecular weight excluding hydrogens is 348 g/mol. The summed E-state index contributed by atoms with van der Waals surface area (Å²) in [4.78, 5) is 26.2. The highest BCUT2D eigenvalue weighted by Gasteiger charge is 2.18. The molecule has 7 heteroatoms. The predicted octanol–water partition coefficient (Wildman–Crippen LogP) is 3.50. The van der Waals surface area contributed by atoms with Crippen LogP contribution in [0.4, 0.5) is 5.69 Å². The van der Waals surface area contributed by atoms with Crippen LogP contribution in [0, 0.1) is 6.92 Å². The molecule has 2 amide bonds. The number of ether oxygens (including phenoxy) is 1. The first-order valence-electron chi connectivity index (χ1n) is 7.38. The average molecular weight is 367 g/mol. The van der Waals surface area contributed by atoms with Crippen LogP contribution in [0.2, 0.25) is 5.02 Å². The molecule has 0 saturated heterocycles. The Morgan fingerprint density at radius 1 is 1.38 bits per heavy atom. The second-order valence-electron chi connectivity index (χ2n) is 5.18. The molecular formula is C17H19ClN2O3S. The molecule has 1 N–H and O–H groups in total. The molecule has 5 nitrogen and oxygen atoms in total. The third kappa shape index (κ3) is 4.27. The maximum absolute atomic E-state index is 12.0.